The van der Waals surface area contributed by atoms with Crippen LogP contribution in [0.4, 0.5) is 0 Å². The number of hydrogen-bond acceptors (Lipinski definition) is 2. The Kier molecular flexibility index (Phi) is 3.45. The van der Waals surface area contributed by atoms with Gasteiger partial charge in [-0.15, -0.1) is 0 Å². The normalized spacial score (nSPS) is 40.3. The van der Waals surface area contributed by atoms with Gasteiger partial charge in [0.05, 0.1) is 0 Å². The van der Waals surface area contributed by atoms with E-state index in [2.05, 4.69) is 24.1 Å². The predicted molar refractivity (Wildman–Crippen MR) is 60.4 cm³/mol. The van der Waals surface area contributed by atoms with Crippen LogP contribution < -0.4 is 5.32 Å². The van der Waals surface area contributed by atoms with Crippen LogP contribution in [0.15, 0.2) is 0 Å². The maximum Gasteiger partial charge on any atom is 0.0220 e. The standard InChI is InChI=1S/C12H24N2/c1-10-5-7-14(8-10)9-12-11(2)4-3-6-13-12/h10-13H,3-9H2,1-2H3. The van der Waals surface area contributed by atoms with Gasteiger partial charge in [0.2, 0.25) is 0 Å². The zero-order chi connectivity index (χ0) is 9.97. The van der Waals surface area contributed by atoms with Gasteiger partial charge in [-0.3, -0.25) is 0 Å². The molecule has 2 aliphatic rings. The molecule has 0 saturated carbocycles. The molecule has 0 aromatic heterocycles. The molecule has 0 radical (unpaired) electrons. The summed E-state index contributed by atoms with van der Waals surface area (Å²) >= 11 is 0. The lowest BCUT2D eigenvalue weighted by Gasteiger charge is -2.33. The molecule has 2 heterocycles. The Morgan fingerprint density at radius 2 is 2.14 bits per heavy atom. The van der Waals surface area contributed by atoms with Gasteiger partial charge >= 0.3 is 0 Å². The third-order valence-corrected chi connectivity index (χ3v) is 3.89. The number of piperidine rings is 1. The van der Waals surface area contributed by atoms with Gasteiger partial charge in [-0.25, -0.2) is 0 Å². The second kappa shape index (κ2) is 4.63. The fraction of sp³-hybridized carbons (Fsp3) is 1.00. The highest BCUT2D eigenvalue weighted by Crippen LogP contribution is 2.20. The summed E-state index contributed by atoms with van der Waals surface area (Å²) < 4.78 is 0. The summed E-state index contributed by atoms with van der Waals surface area (Å²) in [7, 11) is 0. The van der Waals surface area contributed by atoms with Crippen LogP contribution in [0.25, 0.3) is 0 Å². The van der Waals surface area contributed by atoms with E-state index in [0.717, 1.165) is 17.9 Å². The molecule has 2 saturated heterocycles. The number of nitrogens with one attached hydrogen (secondary N) is 1. The van der Waals surface area contributed by atoms with E-state index < -0.39 is 0 Å². The van der Waals surface area contributed by atoms with E-state index in [0.29, 0.717) is 0 Å². The Bertz CT molecular complexity index is 181. The molecule has 82 valence electrons. The molecule has 0 aliphatic carbocycles. The highest BCUT2D eigenvalue weighted by Gasteiger charge is 2.26. The van der Waals surface area contributed by atoms with E-state index in [1.165, 1.54) is 45.4 Å². The Morgan fingerprint density at radius 3 is 2.79 bits per heavy atom. The zero-order valence-electron chi connectivity index (χ0n) is 9.63. The van der Waals surface area contributed by atoms with Gasteiger partial charge in [-0.2, -0.15) is 0 Å². The minimum Gasteiger partial charge on any atom is -0.312 e. The third kappa shape index (κ3) is 2.48. The minimum absolute atomic E-state index is 0.758. The molecule has 2 heteroatoms. The van der Waals surface area contributed by atoms with Gasteiger partial charge in [-0.05, 0) is 44.2 Å². The first kappa shape index (κ1) is 10.4. The first-order valence-corrected chi connectivity index (χ1v) is 6.21. The van der Waals surface area contributed by atoms with E-state index in [1.54, 1.807) is 0 Å². The summed E-state index contributed by atoms with van der Waals surface area (Å²) in [5.74, 6) is 1.80. The largest absolute Gasteiger partial charge is 0.312 e. The van der Waals surface area contributed by atoms with Crippen LogP contribution in [-0.4, -0.2) is 37.1 Å². The minimum atomic E-state index is 0.758. The molecule has 2 fully saturated rings. The molecule has 2 rings (SSSR count). The van der Waals surface area contributed by atoms with Gasteiger partial charge in [0, 0.05) is 19.1 Å². The summed E-state index contributed by atoms with van der Waals surface area (Å²) in [6, 6.07) is 0.758. The van der Waals surface area contributed by atoms with Crippen molar-refractivity contribution in [1.82, 2.24) is 10.2 Å². The molecule has 0 aromatic rings. The fourth-order valence-corrected chi connectivity index (χ4v) is 2.83. The molecule has 0 aromatic carbocycles. The van der Waals surface area contributed by atoms with Crippen molar-refractivity contribution in [2.45, 2.75) is 39.2 Å². The van der Waals surface area contributed by atoms with Crippen molar-refractivity contribution in [3.05, 3.63) is 0 Å². The number of hydrogen-bond donors (Lipinski definition) is 1. The first-order valence-electron chi connectivity index (χ1n) is 6.21. The van der Waals surface area contributed by atoms with Crippen molar-refractivity contribution >= 4 is 0 Å². The van der Waals surface area contributed by atoms with Crippen LogP contribution in [0.2, 0.25) is 0 Å². The Balaban J connectivity index is 1.78. The Hall–Kier alpha value is -0.0800. The van der Waals surface area contributed by atoms with E-state index >= 15 is 0 Å². The number of likely N-dealkylation sites (tertiary alicyclic amines) is 1. The van der Waals surface area contributed by atoms with Crippen LogP contribution in [0.1, 0.15) is 33.1 Å². The lowest BCUT2D eigenvalue weighted by Crippen LogP contribution is -2.47. The highest BCUT2D eigenvalue weighted by molar-refractivity contribution is 4.83. The SMILES string of the molecule is CC1CCN(CC2NCCCC2C)C1. The second-order valence-electron chi connectivity index (χ2n) is 5.33. The lowest BCUT2D eigenvalue weighted by molar-refractivity contribution is 0.213. The molecule has 0 bridgehead atoms. The predicted octanol–water partition coefficient (Wildman–Crippen LogP) is 1.72. The molecule has 2 aliphatic heterocycles. The molecule has 2 nitrogen and oxygen atoms in total. The molecule has 1 N–H and O–H groups in total. The van der Waals surface area contributed by atoms with Crippen molar-refractivity contribution < 1.29 is 0 Å². The lowest BCUT2D eigenvalue weighted by atomic mass is 9.92. The van der Waals surface area contributed by atoms with Crippen molar-refractivity contribution in [2.75, 3.05) is 26.2 Å². The highest BCUT2D eigenvalue weighted by atomic mass is 15.2. The van der Waals surface area contributed by atoms with E-state index in [4.69, 9.17) is 0 Å². The number of rotatable bonds is 2. The van der Waals surface area contributed by atoms with Crippen molar-refractivity contribution in [2.24, 2.45) is 11.8 Å². The average Bonchev–Trinajstić information content (AvgIpc) is 2.56. The van der Waals surface area contributed by atoms with E-state index in [-0.39, 0.29) is 0 Å². The van der Waals surface area contributed by atoms with Crippen molar-refractivity contribution in [3.8, 4) is 0 Å². The smallest absolute Gasteiger partial charge is 0.0220 e. The topological polar surface area (TPSA) is 15.3 Å². The molecular formula is C12H24N2. The van der Waals surface area contributed by atoms with Gasteiger partial charge in [0.25, 0.3) is 0 Å². The Morgan fingerprint density at radius 1 is 1.29 bits per heavy atom. The molecule has 14 heavy (non-hydrogen) atoms. The maximum atomic E-state index is 3.67. The van der Waals surface area contributed by atoms with Gasteiger partial charge < -0.3 is 10.2 Å². The summed E-state index contributed by atoms with van der Waals surface area (Å²) in [6.07, 6.45) is 4.19. The first-order chi connectivity index (χ1) is 6.75. The van der Waals surface area contributed by atoms with Crippen LogP contribution in [0, 0.1) is 11.8 Å². The monoisotopic (exact) mass is 196 g/mol. The summed E-state index contributed by atoms with van der Waals surface area (Å²) in [4.78, 5) is 2.64. The van der Waals surface area contributed by atoms with Crippen LogP contribution in [-0.2, 0) is 0 Å². The summed E-state index contributed by atoms with van der Waals surface area (Å²) in [5.41, 5.74) is 0. The van der Waals surface area contributed by atoms with E-state index in [9.17, 15) is 0 Å². The molecule has 0 spiro atoms. The van der Waals surface area contributed by atoms with Crippen LogP contribution in [0.5, 0.6) is 0 Å². The second-order valence-corrected chi connectivity index (χ2v) is 5.33. The average molecular weight is 196 g/mol. The van der Waals surface area contributed by atoms with Crippen LogP contribution in [0.3, 0.4) is 0 Å². The molecule has 3 atom stereocenters. The third-order valence-electron chi connectivity index (χ3n) is 3.89. The van der Waals surface area contributed by atoms with Gasteiger partial charge in [0.15, 0.2) is 0 Å². The maximum absolute atomic E-state index is 3.67. The van der Waals surface area contributed by atoms with Crippen LogP contribution >= 0.6 is 0 Å². The fourth-order valence-electron chi connectivity index (χ4n) is 2.83. The van der Waals surface area contributed by atoms with Gasteiger partial charge in [0.1, 0.15) is 0 Å². The quantitative estimate of drug-likeness (QED) is 0.723. The van der Waals surface area contributed by atoms with Crippen molar-refractivity contribution in [1.29, 1.82) is 0 Å². The van der Waals surface area contributed by atoms with E-state index in [1.807, 2.05) is 0 Å². The number of nitrogens with zero attached hydrogens (tertiary/aromatic N) is 1. The summed E-state index contributed by atoms with van der Waals surface area (Å²) in [6.45, 7) is 9.94. The Labute approximate surface area is 88.1 Å². The molecule has 0 amide bonds. The molecule has 3 unspecified atom stereocenters. The summed E-state index contributed by atoms with van der Waals surface area (Å²) in [5, 5.41) is 3.67. The van der Waals surface area contributed by atoms with Gasteiger partial charge in [-0.1, -0.05) is 13.8 Å². The zero-order valence-corrected chi connectivity index (χ0v) is 9.63. The molecular weight excluding hydrogens is 172 g/mol. The van der Waals surface area contributed by atoms with Crippen molar-refractivity contribution in [3.63, 3.8) is 0 Å².